The van der Waals surface area contributed by atoms with E-state index in [1.807, 2.05) is 42.6 Å². The maximum absolute atomic E-state index is 12.2. The summed E-state index contributed by atoms with van der Waals surface area (Å²) in [6, 6.07) is 13.8. The molecule has 24 heavy (non-hydrogen) atoms. The highest BCUT2D eigenvalue weighted by Crippen LogP contribution is 2.21. The van der Waals surface area contributed by atoms with Gasteiger partial charge in [-0.25, -0.2) is 9.97 Å². The fraction of sp³-hybridized carbons (Fsp3) is 0.167. The van der Waals surface area contributed by atoms with Crippen LogP contribution in [0.3, 0.4) is 0 Å². The molecule has 120 valence electrons. The lowest BCUT2D eigenvalue weighted by Gasteiger charge is -2.05. The van der Waals surface area contributed by atoms with Crippen LogP contribution in [0.1, 0.15) is 16.2 Å². The molecule has 0 saturated heterocycles. The van der Waals surface area contributed by atoms with E-state index in [0.29, 0.717) is 11.6 Å². The van der Waals surface area contributed by atoms with Gasteiger partial charge in [0, 0.05) is 30.9 Å². The smallest absolute Gasteiger partial charge is 0.280 e. The molecule has 0 aliphatic carbocycles. The zero-order chi connectivity index (χ0) is 16.4. The van der Waals surface area contributed by atoms with Crippen molar-refractivity contribution in [3.8, 4) is 0 Å². The maximum atomic E-state index is 12.2. The van der Waals surface area contributed by atoms with Crippen LogP contribution in [0.15, 0.2) is 54.9 Å². The Morgan fingerprint density at radius 2 is 2.08 bits per heavy atom. The second-order valence-corrected chi connectivity index (χ2v) is 6.55. The van der Waals surface area contributed by atoms with Crippen LogP contribution < -0.4 is 5.32 Å². The van der Waals surface area contributed by atoms with Crippen molar-refractivity contribution in [2.75, 3.05) is 6.54 Å². The molecule has 3 heterocycles. The van der Waals surface area contributed by atoms with E-state index in [0.717, 1.165) is 34.2 Å². The number of amides is 1. The first-order valence-electron chi connectivity index (χ1n) is 7.85. The van der Waals surface area contributed by atoms with E-state index in [4.69, 9.17) is 0 Å². The minimum absolute atomic E-state index is 0.105. The third-order valence-corrected chi connectivity index (χ3v) is 4.91. The van der Waals surface area contributed by atoms with Crippen LogP contribution in [-0.2, 0) is 6.54 Å². The first kappa shape index (κ1) is 14.8. The maximum Gasteiger partial charge on any atom is 0.280 e. The van der Waals surface area contributed by atoms with Gasteiger partial charge in [-0.2, -0.15) is 0 Å². The second kappa shape index (κ2) is 6.41. The Hall–Kier alpha value is -2.73. The molecule has 4 rings (SSSR count). The molecule has 1 N–H and O–H groups in total. The average Bonchev–Trinajstić information content (AvgIpc) is 3.23. The fourth-order valence-corrected chi connectivity index (χ4v) is 3.58. The van der Waals surface area contributed by atoms with Crippen molar-refractivity contribution in [1.29, 1.82) is 0 Å². The van der Waals surface area contributed by atoms with Crippen molar-refractivity contribution < 1.29 is 4.79 Å². The number of aryl methyl sites for hydroxylation is 1. The molecule has 1 aromatic carbocycles. The SMILES string of the molecule is O=C(NCCCn1ccc2cccnc21)c1nc2ccccc2s1. The number of benzene rings is 1. The summed E-state index contributed by atoms with van der Waals surface area (Å²) in [4.78, 5) is 21.0. The van der Waals surface area contributed by atoms with Gasteiger partial charge in [-0.3, -0.25) is 4.79 Å². The number of para-hydroxylation sites is 1. The van der Waals surface area contributed by atoms with Gasteiger partial charge in [0.1, 0.15) is 5.65 Å². The Morgan fingerprint density at radius 1 is 1.17 bits per heavy atom. The highest BCUT2D eigenvalue weighted by molar-refractivity contribution is 7.20. The van der Waals surface area contributed by atoms with Crippen LogP contribution in [0.2, 0.25) is 0 Å². The number of hydrogen-bond donors (Lipinski definition) is 1. The van der Waals surface area contributed by atoms with Crippen LogP contribution in [0.25, 0.3) is 21.3 Å². The van der Waals surface area contributed by atoms with Crippen LogP contribution in [0.5, 0.6) is 0 Å². The van der Waals surface area contributed by atoms with Crippen molar-refractivity contribution in [1.82, 2.24) is 19.9 Å². The largest absolute Gasteiger partial charge is 0.350 e. The van der Waals surface area contributed by atoms with E-state index < -0.39 is 0 Å². The summed E-state index contributed by atoms with van der Waals surface area (Å²) >= 11 is 1.42. The van der Waals surface area contributed by atoms with Crippen LogP contribution in [0.4, 0.5) is 0 Å². The predicted octanol–water partition coefficient (Wildman–Crippen LogP) is 3.47. The summed E-state index contributed by atoms with van der Waals surface area (Å²) in [7, 11) is 0. The number of carbonyl (C=O) groups excluding carboxylic acids is 1. The topological polar surface area (TPSA) is 59.8 Å². The van der Waals surface area contributed by atoms with Gasteiger partial charge in [0.15, 0.2) is 5.01 Å². The molecule has 0 aliphatic heterocycles. The Labute approximate surface area is 143 Å². The van der Waals surface area contributed by atoms with Gasteiger partial charge in [0.05, 0.1) is 10.2 Å². The second-order valence-electron chi connectivity index (χ2n) is 5.52. The molecule has 4 aromatic rings. The first-order chi connectivity index (χ1) is 11.8. The van der Waals surface area contributed by atoms with Crippen LogP contribution in [-0.4, -0.2) is 27.0 Å². The summed E-state index contributed by atoms with van der Waals surface area (Å²) in [6.45, 7) is 1.43. The van der Waals surface area contributed by atoms with Gasteiger partial charge in [-0.15, -0.1) is 11.3 Å². The number of nitrogens with zero attached hydrogens (tertiary/aromatic N) is 3. The lowest BCUT2D eigenvalue weighted by atomic mass is 10.3. The monoisotopic (exact) mass is 336 g/mol. The van der Waals surface area contributed by atoms with E-state index in [9.17, 15) is 4.79 Å². The standard InChI is InChI=1S/C18H16N4OS/c23-17(18-21-14-6-1-2-7-15(14)24-18)20-10-4-11-22-12-8-13-5-3-9-19-16(13)22/h1-3,5-9,12H,4,10-11H2,(H,20,23). The normalized spacial score (nSPS) is 11.2. The van der Waals surface area contributed by atoms with E-state index in [-0.39, 0.29) is 5.91 Å². The third kappa shape index (κ3) is 2.88. The van der Waals surface area contributed by atoms with Gasteiger partial charge in [0.2, 0.25) is 0 Å². The minimum atomic E-state index is -0.105. The predicted molar refractivity (Wildman–Crippen MR) is 96.3 cm³/mol. The van der Waals surface area contributed by atoms with E-state index in [1.54, 1.807) is 6.20 Å². The number of rotatable bonds is 5. The summed E-state index contributed by atoms with van der Waals surface area (Å²) in [5.41, 5.74) is 1.85. The van der Waals surface area contributed by atoms with Gasteiger partial charge in [-0.05, 0) is 36.8 Å². The Morgan fingerprint density at radius 3 is 3.00 bits per heavy atom. The molecule has 0 fully saturated rings. The van der Waals surface area contributed by atoms with Gasteiger partial charge in [-0.1, -0.05) is 12.1 Å². The lowest BCUT2D eigenvalue weighted by molar-refractivity contribution is 0.0952. The highest BCUT2D eigenvalue weighted by Gasteiger charge is 2.11. The lowest BCUT2D eigenvalue weighted by Crippen LogP contribution is -2.25. The molecular weight excluding hydrogens is 320 g/mol. The van der Waals surface area contributed by atoms with Gasteiger partial charge in [0.25, 0.3) is 5.91 Å². The molecule has 0 bridgehead atoms. The van der Waals surface area contributed by atoms with Crippen molar-refractivity contribution in [3.05, 3.63) is 59.9 Å². The Kier molecular flexibility index (Phi) is 3.96. The molecule has 0 radical (unpaired) electrons. The molecule has 5 nitrogen and oxygen atoms in total. The highest BCUT2D eigenvalue weighted by atomic mass is 32.1. The summed E-state index contributed by atoms with van der Waals surface area (Å²) in [6.07, 6.45) is 4.68. The molecule has 6 heteroatoms. The quantitative estimate of drug-likeness (QED) is 0.568. The Bertz CT molecular complexity index is 971. The molecule has 0 unspecified atom stereocenters. The van der Waals surface area contributed by atoms with Gasteiger partial charge >= 0.3 is 0 Å². The number of thiazole rings is 1. The number of carbonyl (C=O) groups is 1. The number of fused-ring (bicyclic) bond motifs is 2. The zero-order valence-corrected chi connectivity index (χ0v) is 13.8. The molecule has 3 aromatic heterocycles. The molecular formula is C18H16N4OS. The van der Waals surface area contributed by atoms with Crippen molar-refractivity contribution in [2.45, 2.75) is 13.0 Å². The number of hydrogen-bond acceptors (Lipinski definition) is 4. The van der Waals surface area contributed by atoms with E-state index >= 15 is 0 Å². The summed E-state index contributed by atoms with van der Waals surface area (Å²) < 4.78 is 3.15. The third-order valence-electron chi connectivity index (χ3n) is 3.87. The van der Waals surface area contributed by atoms with Gasteiger partial charge < -0.3 is 9.88 Å². The first-order valence-corrected chi connectivity index (χ1v) is 8.66. The van der Waals surface area contributed by atoms with Crippen molar-refractivity contribution >= 4 is 38.5 Å². The molecule has 0 aliphatic rings. The summed E-state index contributed by atoms with van der Waals surface area (Å²) in [5.74, 6) is -0.105. The number of nitrogens with one attached hydrogen (secondary N) is 1. The van der Waals surface area contributed by atoms with Crippen LogP contribution in [0, 0.1) is 0 Å². The molecule has 0 saturated carbocycles. The van der Waals surface area contributed by atoms with Crippen molar-refractivity contribution in [3.63, 3.8) is 0 Å². The van der Waals surface area contributed by atoms with E-state index in [2.05, 4.69) is 25.9 Å². The molecule has 1 amide bonds. The zero-order valence-electron chi connectivity index (χ0n) is 13.0. The van der Waals surface area contributed by atoms with E-state index in [1.165, 1.54) is 11.3 Å². The number of pyridine rings is 1. The summed E-state index contributed by atoms with van der Waals surface area (Å²) in [5, 5.41) is 4.60. The molecule has 0 spiro atoms. The number of aromatic nitrogens is 3. The Balaban J connectivity index is 1.34. The minimum Gasteiger partial charge on any atom is -0.350 e. The fourth-order valence-electron chi connectivity index (χ4n) is 2.70. The average molecular weight is 336 g/mol. The van der Waals surface area contributed by atoms with Crippen molar-refractivity contribution in [2.24, 2.45) is 0 Å². The van der Waals surface area contributed by atoms with Crippen LogP contribution >= 0.6 is 11.3 Å². The molecule has 0 atom stereocenters.